The summed E-state index contributed by atoms with van der Waals surface area (Å²) in [5.74, 6) is 0.550. The maximum Gasteiger partial charge on any atom is 0.235 e. The summed E-state index contributed by atoms with van der Waals surface area (Å²) >= 11 is 0. The van der Waals surface area contributed by atoms with E-state index >= 15 is 0 Å². The molecule has 0 radical (unpaired) electrons. The van der Waals surface area contributed by atoms with Crippen LogP contribution in [0.3, 0.4) is 0 Å². The lowest BCUT2D eigenvalue weighted by Gasteiger charge is -2.29. The largest absolute Gasteiger partial charge is 0.235 e. The molecule has 0 aromatic carbocycles. The highest BCUT2D eigenvalue weighted by Gasteiger charge is 2.50. The molecule has 0 saturated heterocycles. The molecule has 2 rings (SSSR count). The van der Waals surface area contributed by atoms with E-state index in [2.05, 4.69) is 9.98 Å². The summed E-state index contributed by atoms with van der Waals surface area (Å²) in [5.41, 5.74) is 0.259. The highest BCUT2D eigenvalue weighted by Crippen LogP contribution is 2.57. The van der Waals surface area contributed by atoms with E-state index in [1.807, 2.05) is 6.92 Å². The van der Waals surface area contributed by atoms with Gasteiger partial charge in [-0.1, -0.05) is 0 Å². The molecule has 0 heterocycles. The molecule has 86 valence electrons. The molecule has 4 nitrogen and oxygen atoms in total. The summed E-state index contributed by atoms with van der Waals surface area (Å²) < 4.78 is 0. The second-order valence-electron chi connectivity index (χ2n) is 5.27. The summed E-state index contributed by atoms with van der Waals surface area (Å²) in [4.78, 5) is 28.2. The van der Waals surface area contributed by atoms with Crippen LogP contribution in [-0.2, 0) is 9.59 Å². The van der Waals surface area contributed by atoms with Gasteiger partial charge in [0.15, 0.2) is 0 Å². The monoisotopic (exact) mass is 220 g/mol. The number of fused-ring (bicyclic) bond motifs is 2. The van der Waals surface area contributed by atoms with Crippen molar-refractivity contribution in [3.8, 4) is 0 Å². The molecule has 0 spiro atoms. The van der Waals surface area contributed by atoms with Crippen LogP contribution in [0.4, 0.5) is 0 Å². The van der Waals surface area contributed by atoms with Gasteiger partial charge in [-0.15, -0.1) is 0 Å². The van der Waals surface area contributed by atoms with Gasteiger partial charge in [0, 0.05) is 0 Å². The summed E-state index contributed by atoms with van der Waals surface area (Å²) in [6.07, 6.45) is 8.64. The third-order valence-corrected chi connectivity index (χ3v) is 4.15. The van der Waals surface area contributed by atoms with E-state index < -0.39 is 0 Å². The fourth-order valence-corrected chi connectivity index (χ4v) is 3.63. The van der Waals surface area contributed by atoms with E-state index in [1.54, 1.807) is 12.2 Å². The van der Waals surface area contributed by atoms with Crippen molar-refractivity contribution in [1.29, 1.82) is 0 Å². The summed E-state index contributed by atoms with van der Waals surface area (Å²) in [7, 11) is 0. The number of carbonyl (C=O) groups excluding carboxylic acids is 2. The Hall–Kier alpha value is -1.24. The maximum atomic E-state index is 10.3. The summed E-state index contributed by atoms with van der Waals surface area (Å²) in [6.45, 7) is 1.95. The van der Waals surface area contributed by atoms with Gasteiger partial charge >= 0.3 is 0 Å². The molecule has 16 heavy (non-hydrogen) atoms. The van der Waals surface area contributed by atoms with Gasteiger partial charge in [-0.3, -0.25) is 0 Å². The SMILES string of the molecule is CC(CC12CCC(C1)C(N=C=O)C2)N=C=O. The molecule has 0 N–H and O–H groups in total. The third kappa shape index (κ3) is 1.99. The first-order valence-corrected chi connectivity index (χ1v) is 5.83. The molecule has 0 amide bonds. The summed E-state index contributed by atoms with van der Waals surface area (Å²) in [6, 6.07) is 0.203. The van der Waals surface area contributed by atoms with Crippen molar-refractivity contribution >= 4 is 12.2 Å². The van der Waals surface area contributed by atoms with E-state index in [0.717, 1.165) is 25.7 Å². The van der Waals surface area contributed by atoms with Crippen LogP contribution in [0, 0.1) is 11.3 Å². The van der Waals surface area contributed by atoms with Gasteiger partial charge in [0.05, 0.1) is 12.1 Å². The van der Waals surface area contributed by atoms with E-state index in [9.17, 15) is 9.59 Å². The first-order valence-electron chi connectivity index (χ1n) is 5.83. The average Bonchev–Trinajstić information content (AvgIpc) is 2.75. The van der Waals surface area contributed by atoms with Gasteiger partial charge in [-0.25, -0.2) is 19.6 Å². The standard InChI is InChI=1S/C12H16N2O2/c1-9(13-7-15)4-12-3-2-10(5-12)11(6-12)14-8-16/h9-11H,2-6H2,1H3. The van der Waals surface area contributed by atoms with Crippen LogP contribution in [0.2, 0.25) is 0 Å². The molecule has 2 aliphatic rings. The van der Waals surface area contributed by atoms with Crippen molar-refractivity contribution in [1.82, 2.24) is 0 Å². The van der Waals surface area contributed by atoms with Crippen molar-refractivity contribution in [2.45, 2.75) is 51.1 Å². The topological polar surface area (TPSA) is 58.9 Å². The Morgan fingerprint density at radius 2 is 2.19 bits per heavy atom. The van der Waals surface area contributed by atoms with Crippen LogP contribution >= 0.6 is 0 Å². The van der Waals surface area contributed by atoms with E-state index in [0.29, 0.717) is 5.92 Å². The van der Waals surface area contributed by atoms with Gasteiger partial charge < -0.3 is 0 Å². The Kier molecular flexibility index (Phi) is 3.04. The van der Waals surface area contributed by atoms with Crippen molar-refractivity contribution < 1.29 is 9.59 Å². The highest BCUT2D eigenvalue weighted by atomic mass is 16.1. The van der Waals surface area contributed by atoms with E-state index in [-0.39, 0.29) is 17.5 Å². The molecule has 2 aliphatic carbocycles. The molecule has 4 atom stereocenters. The Morgan fingerprint density at radius 1 is 1.38 bits per heavy atom. The van der Waals surface area contributed by atoms with E-state index in [4.69, 9.17) is 0 Å². The Bertz CT molecular complexity index is 369. The van der Waals surface area contributed by atoms with Crippen LogP contribution in [-0.4, -0.2) is 24.2 Å². The smallest absolute Gasteiger partial charge is 0.211 e. The predicted molar refractivity (Wildman–Crippen MR) is 58.5 cm³/mol. The van der Waals surface area contributed by atoms with Crippen LogP contribution in [0.15, 0.2) is 9.98 Å². The molecule has 4 heteroatoms. The lowest BCUT2D eigenvalue weighted by Crippen LogP contribution is -2.23. The van der Waals surface area contributed by atoms with Crippen molar-refractivity contribution in [3.63, 3.8) is 0 Å². The molecule has 0 aliphatic heterocycles. The molecule has 2 fully saturated rings. The fourth-order valence-electron chi connectivity index (χ4n) is 3.63. The van der Waals surface area contributed by atoms with Gasteiger partial charge in [0.2, 0.25) is 12.2 Å². The number of hydrogen-bond acceptors (Lipinski definition) is 4. The number of rotatable bonds is 4. The lowest BCUT2D eigenvalue weighted by atomic mass is 9.78. The lowest BCUT2D eigenvalue weighted by molar-refractivity contribution is 0.244. The first-order chi connectivity index (χ1) is 7.69. The van der Waals surface area contributed by atoms with Gasteiger partial charge in [0.25, 0.3) is 0 Å². The minimum atomic E-state index is 0.0372. The number of isocyanates is 2. The van der Waals surface area contributed by atoms with Crippen molar-refractivity contribution in [2.75, 3.05) is 0 Å². The Labute approximate surface area is 94.9 Å². The molecule has 4 unspecified atom stereocenters. The Balaban J connectivity index is 2.04. The van der Waals surface area contributed by atoms with Gasteiger partial charge in [-0.2, -0.15) is 0 Å². The molecule has 2 bridgehead atoms. The quantitative estimate of drug-likeness (QED) is 0.537. The molecular formula is C12H16N2O2. The Morgan fingerprint density at radius 3 is 2.88 bits per heavy atom. The predicted octanol–water partition coefficient (Wildman–Crippen LogP) is 2.00. The normalized spacial score (nSPS) is 37.6. The zero-order valence-electron chi connectivity index (χ0n) is 9.48. The molecular weight excluding hydrogens is 204 g/mol. The van der Waals surface area contributed by atoms with Crippen LogP contribution in [0.1, 0.15) is 39.0 Å². The zero-order chi connectivity index (χ0) is 11.6. The number of hydrogen-bond donors (Lipinski definition) is 0. The number of aliphatic imine (C=N–C) groups is 2. The maximum absolute atomic E-state index is 10.3. The second kappa shape index (κ2) is 4.32. The highest BCUT2D eigenvalue weighted by molar-refractivity contribution is 5.34. The molecule has 0 aromatic heterocycles. The average molecular weight is 220 g/mol. The van der Waals surface area contributed by atoms with Crippen LogP contribution in [0.5, 0.6) is 0 Å². The van der Waals surface area contributed by atoms with Crippen LogP contribution in [0.25, 0.3) is 0 Å². The third-order valence-electron chi connectivity index (χ3n) is 4.15. The fraction of sp³-hybridized carbons (Fsp3) is 0.833. The number of nitrogens with zero attached hydrogens (tertiary/aromatic N) is 2. The molecule has 0 aromatic rings. The van der Waals surface area contributed by atoms with Gasteiger partial charge in [-0.05, 0) is 50.4 Å². The van der Waals surface area contributed by atoms with E-state index in [1.165, 1.54) is 6.42 Å². The summed E-state index contributed by atoms with van der Waals surface area (Å²) in [5, 5.41) is 0. The minimum Gasteiger partial charge on any atom is -0.211 e. The zero-order valence-corrected chi connectivity index (χ0v) is 9.48. The van der Waals surface area contributed by atoms with Crippen molar-refractivity contribution in [3.05, 3.63) is 0 Å². The van der Waals surface area contributed by atoms with Crippen LogP contribution < -0.4 is 0 Å². The minimum absolute atomic E-state index is 0.0372. The first kappa shape index (κ1) is 11.3. The van der Waals surface area contributed by atoms with Crippen molar-refractivity contribution in [2.24, 2.45) is 21.3 Å². The van der Waals surface area contributed by atoms with Gasteiger partial charge in [0.1, 0.15) is 0 Å². The molecule has 2 saturated carbocycles. The second-order valence-corrected chi connectivity index (χ2v) is 5.27.